The molecule has 0 aromatic rings. The van der Waals surface area contributed by atoms with Crippen molar-refractivity contribution < 1.29 is 18.3 Å². The molecule has 0 amide bonds. The zero-order valence-corrected chi connectivity index (χ0v) is 8.66. The minimum absolute atomic E-state index is 1.13. The van der Waals surface area contributed by atoms with Crippen LogP contribution in [-0.2, 0) is 18.3 Å². The average molecular weight is 224 g/mol. The van der Waals surface area contributed by atoms with Crippen molar-refractivity contribution in [3.8, 4) is 0 Å². The zero-order valence-electron chi connectivity index (χ0n) is 6.92. The van der Waals surface area contributed by atoms with Gasteiger partial charge >= 0.3 is 73.8 Å². The fourth-order valence-electron chi connectivity index (χ4n) is 0.622. The quantitative estimate of drug-likeness (QED) is 0.510. The molecule has 0 unspecified atom stereocenters. The van der Waals surface area contributed by atoms with E-state index in [9.17, 15) is 0 Å². The summed E-state index contributed by atoms with van der Waals surface area (Å²) in [5, 5.41) is 0. The first kappa shape index (κ1) is 10.1. The predicted molar refractivity (Wildman–Crippen MR) is 42.4 cm³/mol. The van der Waals surface area contributed by atoms with Gasteiger partial charge in [0.1, 0.15) is 0 Å². The summed E-state index contributed by atoms with van der Waals surface area (Å²) in [7, 11) is 0. The van der Waals surface area contributed by atoms with E-state index in [1.165, 1.54) is 11.1 Å². The van der Waals surface area contributed by atoms with Crippen LogP contribution in [0.3, 0.4) is 0 Å². The number of allylic oxidation sites excluding steroid dienone is 3. The van der Waals surface area contributed by atoms with Crippen molar-refractivity contribution in [2.75, 3.05) is 0 Å². The number of rotatable bonds is 3. The van der Waals surface area contributed by atoms with Crippen molar-refractivity contribution in [1.29, 1.82) is 0 Å². The molecule has 0 atom stereocenters. The molecule has 0 nitrogen and oxygen atoms in total. The van der Waals surface area contributed by atoms with Gasteiger partial charge in [0.15, 0.2) is 0 Å². The van der Waals surface area contributed by atoms with E-state index in [0.29, 0.717) is 0 Å². The summed E-state index contributed by atoms with van der Waals surface area (Å²) in [6.45, 7) is 6.53. The third-order valence-corrected chi connectivity index (χ3v) is 2.17. The maximum absolute atomic E-state index is 2.56. The monoisotopic (exact) mass is 225 g/mol. The van der Waals surface area contributed by atoms with Crippen molar-refractivity contribution in [3.05, 3.63) is 21.9 Å². The number of hydrogen-bond donors (Lipinski definition) is 0. The third-order valence-electron chi connectivity index (χ3n) is 1.53. The van der Waals surface area contributed by atoms with E-state index in [4.69, 9.17) is 0 Å². The summed E-state index contributed by atoms with van der Waals surface area (Å²) >= 11 is 2.56. The van der Waals surface area contributed by atoms with Crippen LogP contribution in [0.5, 0.6) is 0 Å². The maximum atomic E-state index is 2.56. The molecule has 0 bridgehead atoms. The van der Waals surface area contributed by atoms with Crippen LogP contribution in [0.4, 0.5) is 0 Å². The van der Waals surface area contributed by atoms with E-state index in [-0.39, 0.29) is 0 Å². The summed E-state index contributed by atoms with van der Waals surface area (Å²) < 4.78 is 2.11. The van der Waals surface area contributed by atoms with Gasteiger partial charge in [0, 0.05) is 0 Å². The van der Waals surface area contributed by atoms with Gasteiger partial charge in [-0.3, -0.25) is 0 Å². The Morgan fingerprint density at radius 3 is 2.20 bits per heavy atom. The molecule has 0 saturated heterocycles. The Kier molecular flexibility index (Phi) is 5.92. The zero-order chi connectivity index (χ0) is 7.98. The molecule has 10 heavy (non-hydrogen) atoms. The minimum atomic E-state index is 1.13. The number of hydrogen-bond acceptors (Lipinski definition) is 0. The summed E-state index contributed by atoms with van der Waals surface area (Å²) in [5.41, 5.74) is 2.87. The average Bonchev–Trinajstić information content (AvgIpc) is 1.99. The van der Waals surface area contributed by atoms with Gasteiger partial charge in [-0.15, -0.1) is 0 Å². The first-order valence-corrected chi connectivity index (χ1v) is 4.69. The summed E-state index contributed by atoms with van der Waals surface area (Å²) in [5.74, 6) is 0. The molecule has 59 valence electrons. The van der Waals surface area contributed by atoms with Crippen molar-refractivity contribution >= 4 is 0 Å². The van der Waals surface area contributed by atoms with Gasteiger partial charge in [-0.25, -0.2) is 0 Å². The van der Waals surface area contributed by atoms with Crippen molar-refractivity contribution in [2.24, 2.45) is 0 Å². The van der Waals surface area contributed by atoms with Crippen LogP contribution in [0.2, 0.25) is 0 Å². The Hall–Kier alpha value is 0.103. The fraction of sp³-hybridized carbons (Fsp3) is 0.556. The van der Waals surface area contributed by atoms with Crippen LogP contribution >= 0.6 is 0 Å². The second-order valence-corrected chi connectivity index (χ2v) is 2.88. The van der Waals surface area contributed by atoms with Gasteiger partial charge in [-0.1, -0.05) is 0 Å². The van der Waals surface area contributed by atoms with Crippen LogP contribution in [0, 0.1) is 0 Å². The van der Waals surface area contributed by atoms with Gasteiger partial charge in [0.2, 0.25) is 0 Å². The summed E-state index contributed by atoms with van der Waals surface area (Å²) in [6, 6.07) is 0. The molecule has 0 aliphatic carbocycles. The van der Waals surface area contributed by atoms with Gasteiger partial charge in [-0.2, -0.15) is 0 Å². The second kappa shape index (κ2) is 5.86. The van der Waals surface area contributed by atoms with Gasteiger partial charge in [-0.05, 0) is 0 Å². The Balaban J connectivity index is 4.08. The molecule has 0 N–H and O–H groups in total. The molecule has 0 rings (SSSR count). The Morgan fingerprint density at radius 2 is 1.90 bits per heavy atom. The van der Waals surface area contributed by atoms with Gasteiger partial charge in [0.05, 0.1) is 0 Å². The third kappa shape index (κ3) is 4.01. The van der Waals surface area contributed by atoms with E-state index in [2.05, 4.69) is 49.8 Å². The normalized spacial score (nSPS) is 14.0. The Morgan fingerprint density at radius 1 is 1.30 bits per heavy atom. The van der Waals surface area contributed by atoms with Gasteiger partial charge in [0.25, 0.3) is 0 Å². The van der Waals surface area contributed by atoms with Crippen LogP contribution in [0.15, 0.2) is 21.9 Å². The van der Waals surface area contributed by atoms with Crippen molar-refractivity contribution in [3.63, 3.8) is 0 Å². The molecule has 0 fully saturated rings. The second-order valence-electron chi connectivity index (χ2n) is 2.37. The molecule has 0 aromatic heterocycles. The van der Waals surface area contributed by atoms with Crippen molar-refractivity contribution in [2.45, 2.75) is 33.6 Å². The van der Waals surface area contributed by atoms with Gasteiger partial charge < -0.3 is 0 Å². The molecule has 0 aliphatic heterocycles. The molecule has 0 saturated carbocycles. The standard InChI is InChI=1S/C9H15.Ru/c1-5-8(3)7-9(4)6-2;/h3,7H,5-6H2,1-2,4H3;. The van der Waals surface area contributed by atoms with Crippen LogP contribution in [0.1, 0.15) is 33.6 Å². The Bertz CT molecular complexity index is 143. The molecular weight excluding hydrogens is 209 g/mol. The van der Waals surface area contributed by atoms with Crippen molar-refractivity contribution in [1.82, 2.24) is 0 Å². The first-order chi connectivity index (χ1) is 4.74. The topological polar surface area (TPSA) is 0 Å². The summed E-state index contributed by atoms with van der Waals surface area (Å²) in [4.78, 5) is 0. The van der Waals surface area contributed by atoms with E-state index in [1.807, 2.05) is 0 Å². The van der Waals surface area contributed by atoms with E-state index >= 15 is 0 Å². The molecular formula is C9H15Ru. The van der Waals surface area contributed by atoms with E-state index in [0.717, 1.165) is 12.8 Å². The molecule has 1 heteroatoms. The van der Waals surface area contributed by atoms with Crippen LogP contribution < -0.4 is 0 Å². The predicted octanol–water partition coefficient (Wildman–Crippen LogP) is 3.18. The molecule has 0 spiro atoms. The molecule has 0 radical (unpaired) electrons. The summed E-state index contributed by atoms with van der Waals surface area (Å²) in [6.07, 6.45) is 4.55. The van der Waals surface area contributed by atoms with E-state index < -0.39 is 0 Å². The first-order valence-electron chi connectivity index (χ1n) is 3.69. The van der Waals surface area contributed by atoms with E-state index in [1.54, 1.807) is 0 Å². The molecule has 0 heterocycles. The van der Waals surface area contributed by atoms with Crippen LogP contribution in [-0.4, -0.2) is 0 Å². The Labute approximate surface area is 74.1 Å². The molecule has 0 aliphatic rings. The fourth-order valence-corrected chi connectivity index (χ4v) is 1.12. The van der Waals surface area contributed by atoms with Crippen LogP contribution in [0.25, 0.3) is 0 Å². The SMILES string of the molecule is CCC(C)=CC(=[CH][Ru])CC. The molecule has 0 aromatic carbocycles.